The lowest BCUT2D eigenvalue weighted by Crippen LogP contribution is -2.38. The number of aromatic nitrogens is 2. The summed E-state index contributed by atoms with van der Waals surface area (Å²) in [4.78, 5) is 14.5. The van der Waals surface area contributed by atoms with Crippen LogP contribution in [0.5, 0.6) is 0 Å². The summed E-state index contributed by atoms with van der Waals surface area (Å²) in [5.41, 5.74) is 2.42. The maximum atomic E-state index is 12.1. The van der Waals surface area contributed by atoms with Crippen LogP contribution in [0.4, 0.5) is 0 Å². The Labute approximate surface area is 124 Å². The number of hydrogen-bond donors (Lipinski definition) is 2. The van der Waals surface area contributed by atoms with Crippen molar-refractivity contribution in [3.63, 3.8) is 0 Å². The van der Waals surface area contributed by atoms with Gasteiger partial charge in [0, 0.05) is 38.8 Å². The molecule has 1 aromatic heterocycles. The van der Waals surface area contributed by atoms with Crippen LogP contribution in [-0.2, 0) is 24.4 Å². The number of nitrogens with one attached hydrogen (secondary N) is 2. The molecule has 4 heterocycles. The molecule has 3 aliphatic heterocycles. The van der Waals surface area contributed by atoms with Gasteiger partial charge in [-0.2, -0.15) is 5.10 Å². The molecule has 1 amide bonds. The van der Waals surface area contributed by atoms with Gasteiger partial charge in [0.15, 0.2) is 0 Å². The zero-order chi connectivity index (χ0) is 14.2. The minimum Gasteiger partial charge on any atom is -0.352 e. The molecule has 2 fully saturated rings. The first-order valence-corrected chi connectivity index (χ1v) is 8.07. The fraction of sp³-hybridized carbons (Fsp3) is 0.733. The number of amides is 1. The van der Waals surface area contributed by atoms with Gasteiger partial charge >= 0.3 is 0 Å². The van der Waals surface area contributed by atoms with Crippen molar-refractivity contribution < 1.29 is 4.79 Å². The van der Waals surface area contributed by atoms with Gasteiger partial charge in [-0.1, -0.05) is 6.42 Å². The summed E-state index contributed by atoms with van der Waals surface area (Å²) in [6, 6.07) is 2.53. The van der Waals surface area contributed by atoms with E-state index in [4.69, 9.17) is 5.10 Å². The summed E-state index contributed by atoms with van der Waals surface area (Å²) in [6.45, 7) is 5.58. The van der Waals surface area contributed by atoms with E-state index in [0.717, 1.165) is 57.8 Å². The Balaban J connectivity index is 1.49. The van der Waals surface area contributed by atoms with Crippen molar-refractivity contribution in [2.24, 2.45) is 5.92 Å². The van der Waals surface area contributed by atoms with Gasteiger partial charge in [0.1, 0.15) is 0 Å². The van der Waals surface area contributed by atoms with Crippen LogP contribution in [0.1, 0.15) is 30.7 Å². The molecule has 6 nitrogen and oxygen atoms in total. The van der Waals surface area contributed by atoms with Crippen LogP contribution >= 0.6 is 0 Å². The van der Waals surface area contributed by atoms with E-state index >= 15 is 0 Å². The second kappa shape index (κ2) is 5.42. The van der Waals surface area contributed by atoms with Crippen molar-refractivity contribution in [3.8, 4) is 0 Å². The molecule has 0 spiro atoms. The molecular formula is C15H23N5O. The zero-order valence-corrected chi connectivity index (χ0v) is 12.3. The molecule has 21 heavy (non-hydrogen) atoms. The van der Waals surface area contributed by atoms with Crippen molar-refractivity contribution in [1.82, 2.24) is 25.3 Å². The number of hydrogen-bond acceptors (Lipinski definition) is 4. The molecule has 0 aliphatic carbocycles. The van der Waals surface area contributed by atoms with Crippen molar-refractivity contribution in [2.45, 2.75) is 44.9 Å². The van der Waals surface area contributed by atoms with Gasteiger partial charge in [0.25, 0.3) is 0 Å². The molecule has 2 bridgehead atoms. The standard InChI is InChI=1S/C15H23N5O/c21-15-11-2-1-3-12(17-15)9-19(8-11)10-13-6-14-7-16-4-5-20(14)18-13/h6,11-12,16H,1-5,7-10H2,(H,17,21)/t11-,12-/m1/s1. The molecule has 3 aliphatic rings. The molecular weight excluding hydrogens is 266 g/mol. The lowest BCUT2D eigenvalue weighted by atomic mass is 9.99. The number of nitrogens with zero attached hydrogens (tertiary/aromatic N) is 3. The van der Waals surface area contributed by atoms with Crippen LogP contribution in [0.2, 0.25) is 0 Å². The Morgan fingerprint density at radius 2 is 2.29 bits per heavy atom. The van der Waals surface area contributed by atoms with Gasteiger partial charge < -0.3 is 10.6 Å². The smallest absolute Gasteiger partial charge is 0.224 e. The first-order chi connectivity index (χ1) is 10.3. The van der Waals surface area contributed by atoms with Crippen LogP contribution in [-0.4, -0.2) is 46.3 Å². The summed E-state index contributed by atoms with van der Waals surface area (Å²) < 4.78 is 2.12. The summed E-state index contributed by atoms with van der Waals surface area (Å²) in [5, 5.41) is 11.3. The number of fused-ring (bicyclic) bond motifs is 4. The van der Waals surface area contributed by atoms with Crippen LogP contribution in [0.3, 0.4) is 0 Å². The highest BCUT2D eigenvalue weighted by Crippen LogP contribution is 2.23. The highest BCUT2D eigenvalue weighted by atomic mass is 16.2. The quantitative estimate of drug-likeness (QED) is 0.810. The largest absolute Gasteiger partial charge is 0.352 e. The summed E-state index contributed by atoms with van der Waals surface area (Å²) in [6.07, 6.45) is 3.32. The lowest BCUT2D eigenvalue weighted by molar-refractivity contribution is -0.124. The molecule has 2 atom stereocenters. The van der Waals surface area contributed by atoms with Crippen molar-refractivity contribution in [1.29, 1.82) is 0 Å². The highest BCUT2D eigenvalue weighted by molar-refractivity contribution is 5.79. The number of likely N-dealkylation sites (tertiary alicyclic amines) is 1. The summed E-state index contributed by atoms with van der Waals surface area (Å²) in [7, 11) is 0. The molecule has 114 valence electrons. The molecule has 4 rings (SSSR count). The average molecular weight is 289 g/mol. The topological polar surface area (TPSA) is 62.2 Å². The second-order valence-corrected chi connectivity index (χ2v) is 6.55. The number of carbonyl (C=O) groups is 1. The lowest BCUT2D eigenvalue weighted by Gasteiger charge is -2.26. The monoisotopic (exact) mass is 289 g/mol. The predicted octanol–water partition coefficient (Wildman–Crippen LogP) is 0.0868. The first kappa shape index (κ1) is 13.3. The third-order valence-corrected chi connectivity index (χ3v) is 4.89. The number of carbonyl (C=O) groups excluding carboxylic acids is 1. The normalized spacial score (nSPS) is 29.6. The van der Waals surface area contributed by atoms with Crippen LogP contribution in [0, 0.1) is 5.92 Å². The van der Waals surface area contributed by atoms with Crippen LogP contribution in [0.15, 0.2) is 6.07 Å². The molecule has 0 unspecified atom stereocenters. The molecule has 0 aromatic carbocycles. The number of rotatable bonds is 2. The third kappa shape index (κ3) is 2.70. The van der Waals surface area contributed by atoms with Crippen LogP contribution in [0.25, 0.3) is 0 Å². The molecule has 2 N–H and O–H groups in total. The Hall–Kier alpha value is -1.40. The van der Waals surface area contributed by atoms with E-state index in [1.807, 2.05) is 0 Å². The van der Waals surface area contributed by atoms with Gasteiger partial charge in [-0.05, 0) is 18.9 Å². The minimum atomic E-state index is 0.163. The molecule has 0 saturated carbocycles. The predicted molar refractivity (Wildman–Crippen MR) is 78.5 cm³/mol. The molecule has 0 radical (unpaired) electrons. The first-order valence-electron chi connectivity index (χ1n) is 8.07. The summed E-state index contributed by atoms with van der Waals surface area (Å²) in [5.74, 6) is 0.421. The van der Waals surface area contributed by atoms with Crippen molar-refractivity contribution in [2.75, 3.05) is 19.6 Å². The van der Waals surface area contributed by atoms with Crippen molar-refractivity contribution in [3.05, 3.63) is 17.5 Å². The summed E-state index contributed by atoms with van der Waals surface area (Å²) >= 11 is 0. The van der Waals surface area contributed by atoms with E-state index in [1.54, 1.807) is 0 Å². The molecule has 1 aromatic rings. The SMILES string of the molecule is O=C1N[C@@H]2CCC[C@@H]1CN(Cc1cc3n(n1)CCNC3)C2. The Kier molecular flexibility index (Phi) is 3.43. The fourth-order valence-corrected chi connectivity index (χ4v) is 3.83. The van der Waals surface area contributed by atoms with E-state index in [-0.39, 0.29) is 11.8 Å². The van der Waals surface area contributed by atoms with Crippen LogP contribution < -0.4 is 10.6 Å². The van der Waals surface area contributed by atoms with Crippen molar-refractivity contribution >= 4 is 5.91 Å². The Morgan fingerprint density at radius 1 is 1.33 bits per heavy atom. The fourth-order valence-electron chi connectivity index (χ4n) is 3.83. The maximum absolute atomic E-state index is 12.1. The Morgan fingerprint density at radius 3 is 3.19 bits per heavy atom. The van der Waals surface area contributed by atoms with Gasteiger partial charge in [-0.3, -0.25) is 14.4 Å². The minimum absolute atomic E-state index is 0.163. The van der Waals surface area contributed by atoms with E-state index < -0.39 is 0 Å². The second-order valence-electron chi connectivity index (χ2n) is 6.55. The highest BCUT2D eigenvalue weighted by Gasteiger charge is 2.32. The zero-order valence-electron chi connectivity index (χ0n) is 12.3. The Bertz CT molecular complexity index is 517. The van der Waals surface area contributed by atoms with E-state index in [1.165, 1.54) is 12.1 Å². The van der Waals surface area contributed by atoms with Gasteiger partial charge in [0.2, 0.25) is 5.91 Å². The average Bonchev–Trinajstić information content (AvgIpc) is 2.69. The van der Waals surface area contributed by atoms with E-state index in [0.29, 0.717) is 6.04 Å². The van der Waals surface area contributed by atoms with Gasteiger partial charge in [0.05, 0.1) is 23.9 Å². The van der Waals surface area contributed by atoms with E-state index in [2.05, 4.69) is 26.3 Å². The molecule has 6 heteroatoms. The maximum Gasteiger partial charge on any atom is 0.224 e. The van der Waals surface area contributed by atoms with Gasteiger partial charge in [-0.25, -0.2) is 0 Å². The van der Waals surface area contributed by atoms with Gasteiger partial charge in [-0.15, -0.1) is 0 Å². The van der Waals surface area contributed by atoms with E-state index in [9.17, 15) is 4.79 Å². The third-order valence-electron chi connectivity index (χ3n) is 4.89. The molecule has 2 saturated heterocycles.